The van der Waals surface area contributed by atoms with Crippen molar-refractivity contribution in [3.63, 3.8) is 0 Å². The van der Waals surface area contributed by atoms with Crippen LogP contribution in [0.3, 0.4) is 0 Å². The van der Waals surface area contributed by atoms with Crippen molar-refractivity contribution in [1.29, 1.82) is 0 Å². The van der Waals surface area contributed by atoms with Gasteiger partial charge in [0.05, 0.1) is 0 Å². The first-order valence-corrected chi connectivity index (χ1v) is 5.75. The summed E-state index contributed by atoms with van der Waals surface area (Å²) in [6, 6.07) is 11.6. The van der Waals surface area contributed by atoms with E-state index >= 15 is 0 Å². The van der Waals surface area contributed by atoms with Gasteiger partial charge in [-0.1, -0.05) is 6.07 Å². The van der Waals surface area contributed by atoms with E-state index in [1.807, 2.05) is 43.3 Å². The minimum absolute atomic E-state index is 0.288. The zero-order chi connectivity index (χ0) is 12.5. The SMILES string of the molecule is Cc1ccc(N)cc1Nc1ccc2c(c1)OCO2. The predicted octanol–water partition coefficient (Wildman–Crippen LogP) is 3.05. The highest BCUT2D eigenvalue weighted by molar-refractivity contribution is 5.69. The highest BCUT2D eigenvalue weighted by Crippen LogP contribution is 2.35. The maximum Gasteiger partial charge on any atom is 0.231 e. The van der Waals surface area contributed by atoms with E-state index in [1.165, 1.54) is 0 Å². The van der Waals surface area contributed by atoms with Gasteiger partial charge in [0.2, 0.25) is 6.79 Å². The van der Waals surface area contributed by atoms with Gasteiger partial charge >= 0.3 is 0 Å². The normalized spacial score (nSPS) is 12.5. The highest BCUT2D eigenvalue weighted by atomic mass is 16.7. The Morgan fingerprint density at radius 2 is 1.89 bits per heavy atom. The molecule has 0 unspecified atom stereocenters. The van der Waals surface area contributed by atoms with Crippen molar-refractivity contribution < 1.29 is 9.47 Å². The molecular formula is C14H14N2O2. The first kappa shape index (κ1) is 10.8. The molecular weight excluding hydrogens is 228 g/mol. The third-order valence-corrected chi connectivity index (χ3v) is 2.91. The van der Waals surface area contributed by atoms with Crippen LogP contribution in [0.2, 0.25) is 0 Å². The van der Waals surface area contributed by atoms with Gasteiger partial charge in [-0.25, -0.2) is 0 Å². The van der Waals surface area contributed by atoms with Crippen LogP contribution in [0, 0.1) is 6.92 Å². The fraction of sp³-hybridized carbons (Fsp3) is 0.143. The molecule has 0 radical (unpaired) electrons. The second-order valence-corrected chi connectivity index (χ2v) is 4.27. The third kappa shape index (κ3) is 1.93. The minimum atomic E-state index is 0.288. The molecule has 0 spiro atoms. The quantitative estimate of drug-likeness (QED) is 0.795. The molecule has 92 valence electrons. The Bertz CT molecular complexity index is 596. The van der Waals surface area contributed by atoms with Crippen LogP contribution in [0.25, 0.3) is 0 Å². The topological polar surface area (TPSA) is 56.5 Å². The minimum Gasteiger partial charge on any atom is -0.454 e. The molecule has 4 nitrogen and oxygen atoms in total. The summed E-state index contributed by atoms with van der Waals surface area (Å²) in [4.78, 5) is 0. The first-order chi connectivity index (χ1) is 8.72. The van der Waals surface area contributed by atoms with Gasteiger partial charge in [-0.3, -0.25) is 0 Å². The summed E-state index contributed by atoms with van der Waals surface area (Å²) in [6.45, 7) is 2.32. The van der Waals surface area contributed by atoms with Gasteiger partial charge in [-0.2, -0.15) is 0 Å². The van der Waals surface area contributed by atoms with Gasteiger partial charge in [-0.15, -0.1) is 0 Å². The lowest BCUT2D eigenvalue weighted by molar-refractivity contribution is 0.174. The lowest BCUT2D eigenvalue weighted by Crippen LogP contribution is -1.95. The van der Waals surface area contributed by atoms with Crippen molar-refractivity contribution in [2.24, 2.45) is 0 Å². The van der Waals surface area contributed by atoms with E-state index in [2.05, 4.69) is 5.32 Å². The Hall–Kier alpha value is -2.36. The molecule has 0 saturated carbocycles. The molecule has 4 heteroatoms. The monoisotopic (exact) mass is 242 g/mol. The van der Waals surface area contributed by atoms with E-state index in [1.54, 1.807) is 0 Å². The van der Waals surface area contributed by atoms with Crippen LogP contribution in [0.5, 0.6) is 11.5 Å². The Morgan fingerprint density at radius 3 is 2.78 bits per heavy atom. The van der Waals surface area contributed by atoms with Crippen molar-refractivity contribution in [1.82, 2.24) is 0 Å². The maximum absolute atomic E-state index is 5.79. The van der Waals surface area contributed by atoms with Crippen LogP contribution >= 0.6 is 0 Å². The van der Waals surface area contributed by atoms with Crippen LogP contribution in [-0.2, 0) is 0 Å². The van der Waals surface area contributed by atoms with Crippen LogP contribution in [0.15, 0.2) is 36.4 Å². The van der Waals surface area contributed by atoms with Gasteiger partial charge in [0.25, 0.3) is 0 Å². The van der Waals surface area contributed by atoms with Crippen LogP contribution in [0.1, 0.15) is 5.56 Å². The molecule has 2 aromatic carbocycles. The van der Waals surface area contributed by atoms with Crippen LogP contribution in [0.4, 0.5) is 17.1 Å². The fourth-order valence-electron chi connectivity index (χ4n) is 1.90. The summed E-state index contributed by atoms with van der Waals surface area (Å²) in [7, 11) is 0. The molecule has 0 fully saturated rings. The standard InChI is InChI=1S/C14H14N2O2/c1-9-2-3-10(15)6-12(9)16-11-4-5-13-14(7-11)18-8-17-13/h2-7,16H,8,15H2,1H3. The number of nitrogens with one attached hydrogen (secondary N) is 1. The number of nitrogens with two attached hydrogens (primary N) is 1. The Kier molecular flexibility index (Phi) is 2.48. The van der Waals surface area contributed by atoms with E-state index in [0.29, 0.717) is 0 Å². The molecule has 1 heterocycles. The molecule has 18 heavy (non-hydrogen) atoms. The van der Waals surface area contributed by atoms with Gasteiger partial charge in [0.1, 0.15) is 0 Å². The van der Waals surface area contributed by atoms with Crippen molar-refractivity contribution in [3.05, 3.63) is 42.0 Å². The second kappa shape index (κ2) is 4.14. The summed E-state index contributed by atoms with van der Waals surface area (Å²) in [5, 5.41) is 3.33. The van der Waals surface area contributed by atoms with Gasteiger partial charge in [0.15, 0.2) is 11.5 Å². The summed E-state index contributed by atoms with van der Waals surface area (Å²) >= 11 is 0. The smallest absolute Gasteiger partial charge is 0.231 e. The Balaban J connectivity index is 1.90. The number of benzene rings is 2. The van der Waals surface area contributed by atoms with Gasteiger partial charge in [0, 0.05) is 23.1 Å². The molecule has 0 amide bonds. The lowest BCUT2D eigenvalue weighted by Gasteiger charge is -2.10. The zero-order valence-corrected chi connectivity index (χ0v) is 10.1. The van der Waals surface area contributed by atoms with E-state index in [-0.39, 0.29) is 6.79 Å². The molecule has 0 saturated heterocycles. The molecule has 3 rings (SSSR count). The first-order valence-electron chi connectivity index (χ1n) is 5.75. The molecule has 0 atom stereocenters. The number of aryl methyl sites for hydroxylation is 1. The van der Waals surface area contributed by atoms with Crippen LogP contribution < -0.4 is 20.5 Å². The number of anilines is 3. The molecule has 0 aromatic heterocycles. The third-order valence-electron chi connectivity index (χ3n) is 2.91. The number of hydrogen-bond donors (Lipinski definition) is 2. The summed E-state index contributed by atoms with van der Waals surface area (Å²) in [5.41, 5.74) is 9.61. The van der Waals surface area contributed by atoms with Gasteiger partial charge in [-0.05, 0) is 36.8 Å². The summed E-state index contributed by atoms with van der Waals surface area (Å²) in [6.07, 6.45) is 0. The number of fused-ring (bicyclic) bond motifs is 1. The molecule has 0 bridgehead atoms. The number of nitrogen functional groups attached to an aromatic ring is 1. The Morgan fingerprint density at radius 1 is 1.06 bits per heavy atom. The molecule has 3 N–H and O–H groups in total. The lowest BCUT2D eigenvalue weighted by atomic mass is 10.1. The largest absolute Gasteiger partial charge is 0.454 e. The molecule has 0 aliphatic carbocycles. The van der Waals surface area contributed by atoms with Crippen molar-refractivity contribution in [2.45, 2.75) is 6.92 Å². The van der Waals surface area contributed by atoms with E-state index < -0.39 is 0 Å². The van der Waals surface area contributed by atoms with E-state index in [4.69, 9.17) is 15.2 Å². The molecule has 1 aliphatic rings. The number of rotatable bonds is 2. The summed E-state index contributed by atoms with van der Waals surface area (Å²) in [5.74, 6) is 1.55. The van der Waals surface area contributed by atoms with Crippen molar-refractivity contribution in [2.75, 3.05) is 17.8 Å². The van der Waals surface area contributed by atoms with E-state index in [9.17, 15) is 0 Å². The number of hydrogen-bond acceptors (Lipinski definition) is 4. The molecule has 2 aromatic rings. The van der Waals surface area contributed by atoms with Gasteiger partial charge < -0.3 is 20.5 Å². The Labute approximate surface area is 105 Å². The fourth-order valence-corrected chi connectivity index (χ4v) is 1.90. The van der Waals surface area contributed by atoms with E-state index in [0.717, 1.165) is 34.1 Å². The predicted molar refractivity (Wildman–Crippen MR) is 71.4 cm³/mol. The van der Waals surface area contributed by atoms with Crippen LogP contribution in [-0.4, -0.2) is 6.79 Å². The number of ether oxygens (including phenoxy) is 2. The maximum atomic E-state index is 5.79. The molecule has 1 aliphatic heterocycles. The highest BCUT2D eigenvalue weighted by Gasteiger charge is 2.13. The average Bonchev–Trinajstić information content (AvgIpc) is 2.81. The van der Waals surface area contributed by atoms with Crippen molar-refractivity contribution >= 4 is 17.1 Å². The zero-order valence-electron chi connectivity index (χ0n) is 10.1. The second-order valence-electron chi connectivity index (χ2n) is 4.27. The van der Waals surface area contributed by atoms with Crippen molar-refractivity contribution in [3.8, 4) is 11.5 Å². The average molecular weight is 242 g/mol. The summed E-state index contributed by atoms with van der Waals surface area (Å²) < 4.78 is 10.6.